The van der Waals surface area contributed by atoms with E-state index in [-0.39, 0.29) is 11.9 Å². The van der Waals surface area contributed by atoms with Crippen LogP contribution in [0.2, 0.25) is 0 Å². The molecule has 0 bridgehead atoms. The molecule has 1 aromatic rings. The minimum absolute atomic E-state index is 0.206. The fraction of sp³-hybridized carbons (Fsp3) is 0.556. The van der Waals surface area contributed by atoms with Crippen LogP contribution in [0.1, 0.15) is 5.01 Å². The van der Waals surface area contributed by atoms with Crippen LogP contribution < -0.4 is 11.1 Å². The number of hydrogen-bond acceptors (Lipinski definition) is 5. The van der Waals surface area contributed by atoms with Gasteiger partial charge < -0.3 is 11.1 Å². The van der Waals surface area contributed by atoms with Crippen LogP contribution >= 0.6 is 11.3 Å². The first kappa shape index (κ1) is 10.5. The summed E-state index contributed by atoms with van der Waals surface area (Å²) in [4.78, 5) is 17.5. The largest absolute Gasteiger partial charge is 0.368 e. The maximum atomic E-state index is 11.2. The van der Waals surface area contributed by atoms with Crippen LogP contribution in [0.4, 0.5) is 0 Å². The highest BCUT2D eigenvalue weighted by molar-refractivity contribution is 7.09. The zero-order valence-corrected chi connectivity index (χ0v) is 9.17. The molecule has 0 spiro atoms. The average Bonchev–Trinajstić information content (AvgIpc) is 2.71. The predicted molar refractivity (Wildman–Crippen MR) is 58.4 cm³/mol. The second kappa shape index (κ2) is 4.69. The molecule has 1 unspecified atom stereocenters. The van der Waals surface area contributed by atoms with Gasteiger partial charge in [-0.15, -0.1) is 11.3 Å². The second-order valence-electron chi connectivity index (χ2n) is 3.52. The Morgan fingerprint density at radius 2 is 2.67 bits per heavy atom. The molecule has 2 heterocycles. The number of piperazine rings is 1. The molecule has 6 heteroatoms. The van der Waals surface area contributed by atoms with Crippen molar-refractivity contribution in [2.24, 2.45) is 5.73 Å². The van der Waals surface area contributed by atoms with Gasteiger partial charge in [0, 0.05) is 31.2 Å². The lowest BCUT2D eigenvalue weighted by Gasteiger charge is -2.33. The van der Waals surface area contributed by atoms with E-state index in [9.17, 15) is 4.79 Å². The number of carbonyl (C=O) groups excluding carboxylic acids is 1. The van der Waals surface area contributed by atoms with Crippen LogP contribution in [0, 0.1) is 0 Å². The molecular weight excluding hydrogens is 212 g/mol. The standard InChI is InChI=1S/C9H14N4OS/c10-9(14)7-5-11-1-3-13(7)6-8-12-2-4-15-8/h2,4,7,11H,1,3,5-6H2,(H2,10,14). The molecular formula is C9H14N4OS. The molecule has 3 N–H and O–H groups in total. The molecule has 0 radical (unpaired) electrons. The van der Waals surface area contributed by atoms with Crippen molar-refractivity contribution >= 4 is 17.2 Å². The Labute approximate surface area is 92.3 Å². The van der Waals surface area contributed by atoms with E-state index < -0.39 is 0 Å². The molecule has 0 aromatic carbocycles. The van der Waals surface area contributed by atoms with E-state index >= 15 is 0 Å². The van der Waals surface area contributed by atoms with Crippen molar-refractivity contribution in [2.75, 3.05) is 19.6 Å². The Morgan fingerprint density at radius 1 is 1.80 bits per heavy atom. The lowest BCUT2D eigenvalue weighted by Crippen LogP contribution is -2.56. The van der Waals surface area contributed by atoms with Crippen molar-refractivity contribution in [3.8, 4) is 0 Å². The minimum Gasteiger partial charge on any atom is -0.368 e. The first-order chi connectivity index (χ1) is 7.27. The molecule has 0 aliphatic carbocycles. The Balaban J connectivity index is 2.02. The van der Waals surface area contributed by atoms with Crippen molar-refractivity contribution in [1.82, 2.24) is 15.2 Å². The van der Waals surface area contributed by atoms with Gasteiger partial charge in [0.2, 0.25) is 5.91 Å². The fourth-order valence-electron chi connectivity index (χ4n) is 1.72. The number of amides is 1. The Kier molecular flexibility index (Phi) is 3.30. The number of nitrogens with zero attached hydrogens (tertiary/aromatic N) is 2. The van der Waals surface area contributed by atoms with E-state index in [0.717, 1.165) is 18.1 Å². The molecule has 1 fully saturated rings. The molecule has 1 amide bonds. The summed E-state index contributed by atoms with van der Waals surface area (Å²) in [6.07, 6.45) is 1.78. The summed E-state index contributed by atoms with van der Waals surface area (Å²) in [6, 6.07) is -0.206. The summed E-state index contributed by atoms with van der Waals surface area (Å²) in [5.74, 6) is -0.265. The highest BCUT2D eigenvalue weighted by Gasteiger charge is 2.26. The maximum Gasteiger partial charge on any atom is 0.236 e. The Bertz CT molecular complexity index is 327. The molecule has 1 aromatic heterocycles. The minimum atomic E-state index is -0.265. The van der Waals surface area contributed by atoms with E-state index in [2.05, 4.69) is 15.2 Å². The SMILES string of the molecule is NC(=O)C1CNCCN1Cc1nccs1. The number of aromatic nitrogens is 1. The number of thiazole rings is 1. The highest BCUT2D eigenvalue weighted by Crippen LogP contribution is 2.12. The third-order valence-electron chi connectivity index (χ3n) is 2.50. The molecule has 2 rings (SSSR count). The van der Waals surface area contributed by atoms with Gasteiger partial charge in [0.1, 0.15) is 11.0 Å². The monoisotopic (exact) mass is 226 g/mol. The zero-order chi connectivity index (χ0) is 10.7. The van der Waals surface area contributed by atoms with Crippen LogP contribution in [-0.4, -0.2) is 41.5 Å². The molecule has 1 saturated heterocycles. The molecule has 1 aliphatic rings. The number of rotatable bonds is 3. The third-order valence-corrected chi connectivity index (χ3v) is 3.27. The van der Waals surface area contributed by atoms with Crippen molar-refractivity contribution in [3.05, 3.63) is 16.6 Å². The van der Waals surface area contributed by atoms with Crippen LogP contribution in [0.3, 0.4) is 0 Å². The molecule has 15 heavy (non-hydrogen) atoms. The summed E-state index contributed by atoms with van der Waals surface area (Å²) in [5, 5.41) is 6.14. The van der Waals surface area contributed by atoms with E-state index in [1.165, 1.54) is 0 Å². The van der Waals surface area contributed by atoms with Crippen molar-refractivity contribution in [1.29, 1.82) is 0 Å². The van der Waals surface area contributed by atoms with E-state index in [4.69, 9.17) is 5.73 Å². The summed E-state index contributed by atoms with van der Waals surface area (Å²) in [7, 11) is 0. The van der Waals surface area contributed by atoms with Gasteiger partial charge >= 0.3 is 0 Å². The topological polar surface area (TPSA) is 71.2 Å². The van der Waals surface area contributed by atoms with E-state index in [1.807, 2.05) is 5.38 Å². The lowest BCUT2D eigenvalue weighted by atomic mass is 10.2. The summed E-state index contributed by atoms with van der Waals surface area (Å²) < 4.78 is 0. The van der Waals surface area contributed by atoms with Crippen LogP contribution in [0.5, 0.6) is 0 Å². The first-order valence-corrected chi connectivity index (χ1v) is 5.78. The van der Waals surface area contributed by atoms with Gasteiger partial charge in [-0.1, -0.05) is 0 Å². The predicted octanol–water partition coefficient (Wildman–Crippen LogP) is -0.598. The van der Waals surface area contributed by atoms with Crippen LogP contribution in [-0.2, 0) is 11.3 Å². The smallest absolute Gasteiger partial charge is 0.236 e. The van der Waals surface area contributed by atoms with Gasteiger partial charge in [0.05, 0.1) is 6.54 Å². The van der Waals surface area contributed by atoms with E-state index in [1.54, 1.807) is 17.5 Å². The van der Waals surface area contributed by atoms with Crippen molar-refractivity contribution in [2.45, 2.75) is 12.6 Å². The zero-order valence-electron chi connectivity index (χ0n) is 8.35. The molecule has 1 atom stereocenters. The number of hydrogen-bond donors (Lipinski definition) is 2. The van der Waals surface area contributed by atoms with Gasteiger partial charge in [-0.05, 0) is 0 Å². The number of carbonyl (C=O) groups is 1. The van der Waals surface area contributed by atoms with Crippen LogP contribution in [0.25, 0.3) is 0 Å². The second-order valence-corrected chi connectivity index (χ2v) is 4.50. The van der Waals surface area contributed by atoms with Crippen LogP contribution in [0.15, 0.2) is 11.6 Å². The fourth-order valence-corrected chi connectivity index (χ4v) is 2.36. The normalized spacial score (nSPS) is 22.8. The first-order valence-electron chi connectivity index (χ1n) is 4.90. The van der Waals surface area contributed by atoms with Gasteiger partial charge in [-0.3, -0.25) is 9.69 Å². The van der Waals surface area contributed by atoms with Gasteiger partial charge in [0.25, 0.3) is 0 Å². The highest BCUT2D eigenvalue weighted by atomic mass is 32.1. The van der Waals surface area contributed by atoms with Gasteiger partial charge in [-0.2, -0.15) is 0 Å². The van der Waals surface area contributed by atoms with Gasteiger partial charge in [-0.25, -0.2) is 4.98 Å². The maximum absolute atomic E-state index is 11.2. The lowest BCUT2D eigenvalue weighted by molar-refractivity contribution is -0.124. The molecule has 0 saturated carbocycles. The molecule has 82 valence electrons. The Morgan fingerprint density at radius 3 is 3.33 bits per heavy atom. The number of nitrogens with two attached hydrogens (primary N) is 1. The summed E-state index contributed by atoms with van der Waals surface area (Å²) in [5.41, 5.74) is 5.35. The Hall–Kier alpha value is -0.980. The summed E-state index contributed by atoms with van der Waals surface area (Å²) in [6.45, 7) is 3.09. The molecule has 5 nitrogen and oxygen atoms in total. The number of primary amides is 1. The quantitative estimate of drug-likeness (QED) is 0.722. The molecule has 1 aliphatic heterocycles. The third kappa shape index (κ3) is 2.53. The van der Waals surface area contributed by atoms with E-state index in [0.29, 0.717) is 13.1 Å². The number of nitrogens with one attached hydrogen (secondary N) is 1. The average molecular weight is 226 g/mol. The van der Waals surface area contributed by atoms with Crippen molar-refractivity contribution < 1.29 is 4.79 Å². The summed E-state index contributed by atoms with van der Waals surface area (Å²) >= 11 is 1.61. The van der Waals surface area contributed by atoms with Crippen molar-refractivity contribution in [3.63, 3.8) is 0 Å². The van der Waals surface area contributed by atoms with Gasteiger partial charge in [0.15, 0.2) is 0 Å².